The summed E-state index contributed by atoms with van der Waals surface area (Å²) in [6, 6.07) is 0. The molecule has 1 aliphatic rings. The first-order valence-electron chi connectivity index (χ1n) is 5.43. The van der Waals surface area contributed by atoms with Gasteiger partial charge in [0.25, 0.3) is 0 Å². The van der Waals surface area contributed by atoms with E-state index >= 15 is 0 Å². The first kappa shape index (κ1) is 12.4. The van der Waals surface area contributed by atoms with Crippen molar-refractivity contribution in [3.63, 3.8) is 0 Å². The van der Waals surface area contributed by atoms with E-state index in [1.54, 1.807) is 13.0 Å². The molecule has 88 valence electrons. The summed E-state index contributed by atoms with van der Waals surface area (Å²) >= 11 is 0. The van der Waals surface area contributed by atoms with Crippen molar-refractivity contribution in [2.45, 2.75) is 33.1 Å². The molecule has 0 aromatic rings. The van der Waals surface area contributed by atoms with Crippen LogP contribution in [-0.4, -0.2) is 17.2 Å². The molecule has 1 rings (SSSR count). The summed E-state index contributed by atoms with van der Waals surface area (Å²) in [5.74, 6) is 0. The van der Waals surface area contributed by atoms with Gasteiger partial charge in [-0.25, -0.2) is 0 Å². The molecular formula is C11H17N3O2. The van der Waals surface area contributed by atoms with Crippen LogP contribution in [0.2, 0.25) is 0 Å². The Morgan fingerprint density at radius 2 is 2.25 bits per heavy atom. The van der Waals surface area contributed by atoms with Gasteiger partial charge in [-0.15, -0.1) is 0 Å². The Bertz CT molecular complexity index is 356. The third-order valence-electron chi connectivity index (χ3n) is 2.62. The number of hydrazone groups is 1. The minimum absolute atomic E-state index is 0.269. The molecule has 0 fully saturated rings. The second-order valence-corrected chi connectivity index (χ2v) is 3.57. The van der Waals surface area contributed by atoms with E-state index in [1.807, 2.05) is 13.0 Å². The third-order valence-corrected chi connectivity index (χ3v) is 2.62. The first-order chi connectivity index (χ1) is 7.69. The number of hydrogen-bond donors (Lipinski definition) is 1. The number of hydrogen-bond acceptors (Lipinski definition) is 4. The van der Waals surface area contributed by atoms with Gasteiger partial charge in [0, 0.05) is 19.4 Å². The normalized spacial score (nSPS) is 17.0. The molecule has 0 saturated heterocycles. The van der Waals surface area contributed by atoms with E-state index in [4.69, 9.17) is 0 Å². The minimum Gasteiger partial charge on any atom is -0.309 e. The molecule has 1 heterocycles. The first-order valence-corrected chi connectivity index (χ1v) is 5.43. The van der Waals surface area contributed by atoms with E-state index in [0.717, 1.165) is 24.3 Å². The summed E-state index contributed by atoms with van der Waals surface area (Å²) in [5.41, 5.74) is 5.31. The van der Waals surface area contributed by atoms with E-state index in [0.29, 0.717) is 12.8 Å². The second-order valence-electron chi connectivity index (χ2n) is 3.57. The molecule has 0 aromatic heterocycles. The van der Waals surface area contributed by atoms with Crippen LogP contribution in [-0.2, 0) is 0 Å². The Labute approximate surface area is 95.1 Å². The van der Waals surface area contributed by atoms with Crippen LogP contribution in [0, 0.1) is 10.1 Å². The predicted molar refractivity (Wildman–Crippen MR) is 63.8 cm³/mol. The average Bonchev–Trinajstić information content (AvgIpc) is 2.77. The summed E-state index contributed by atoms with van der Waals surface area (Å²) in [5, 5.41) is 14.8. The van der Waals surface area contributed by atoms with Crippen LogP contribution < -0.4 is 5.43 Å². The maximum Gasteiger partial charge on any atom is 0.242 e. The molecule has 1 N–H and O–H groups in total. The van der Waals surface area contributed by atoms with Crippen molar-refractivity contribution in [3.8, 4) is 0 Å². The molecule has 0 spiro atoms. The van der Waals surface area contributed by atoms with E-state index in [1.165, 1.54) is 0 Å². The van der Waals surface area contributed by atoms with Crippen molar-refractivity contribution in [2.75, 3.05) is 6.54 Å². The molecule has 0 bridgehead atoms. The molecule has 0 radical (unpaired) electrons. The molecule has 0 saturated carbocycles. The zero-order valence-corrected chi connectivity index (χ0v) is 9.69. The quantitative estimate of drug-likeness (QED) is 0.574. The molecule has 5 nitrogen and oxygen atoms in total. The fraction of sp³-hybridized carbons (Fsp3) is 0.545. The van der Waals surface area contributed by atoms with Gasteiger partial charge in [0.15, 0.2) is 0 Å². The lowest BCUT2D eigenvalue weighted by atomic mass is 10.0. The zero-order valence-electron chi connectivity index (χ0n) is 9.69. The Kier molecular flexibility index (Phi) is 4.69. The molecule has 1 aliphatic heterocycles. The van der Waals surface area contributed by atoms with Crippen molar-refractivity contribution < 1.29 is 4.92 Å². The van der Waals surface area contributed by atoms with Gasteiger partial charge in [-0.1, -0.05) is 6.08 Å². The lowest BCUT2D eigenvalue weighted by Crippen LogP contribution is -2.04. The number of rotatable bonds is 5. The fourth-order valence-corrected chi connectivity index (χ4v) is 1.67. The van der Waals surface area contributed by atoms with E-state index in [9.17, 15) is 10.1 Å². The maximum absolute atomic E-state index is 10.6. The highest BCUT2D eigenvalue weighted by Gasteiger charge is 2.14. The van der Waals surface area contributed by atoms with Crippen LogP contribution in [0.1, 0.15) is 33.1 Å². The summed E-state index contributed by atoms with van der Waals surface area (Å²) in [7, 11) is 0. The van der Waals surface area contributed by atoms with Crippen molar-refractivity contribution >= 4 is 5.71 Å². The molecule has 0 unspecified atom stereocenters. The summed E-state index contributed by atoms with van der Waals surface area (Å²) in [4.78, 5) is 10.3. The average molecular weight is 223 g/mol. The zero-order chi connectivity index (χ0) is 12.0. The Morgan fingerprint density at radius 3 is 2.69 bits per heavy atom. The van der Waals surface area contributed by atoms with Crippen molar-refractivity contribution in [1.29, 1.82) is 0 Å². The minimum atomic E-state index is -0.317. The molecular weight excluding hydrogens is 206 g/mol. The monoisotopic (exact) mass is 223 g/mol. The standard InChI is InChI=1S/C11H17N3O2/c1-3-9(11-7-8-12-13-11)5-6-10(4-2)14(15)16/h3-4,12H,5-8H2,1-2H3/b9-3+,10-4+. The van der Waals surface area contributed by atoms with Gasteiger partial charge >= 0.3 is 0 Å². The summed E-state index contributed by atoms with van der Waals surface area (Å²) in [6.45, 7) is 4.50. The van der Waals surface area contributed by atoms with Crippen LogP contribution >= 0.6 is 0 Å². The highest BCUT2D eigenvalue weighted by molar-refractivity contribution is 6.00. The van der Waals surface area contributed by atoms with E-state index < -0.39 is 0 Å². The van der Waals surface area contributed by atoms with Crippen molar-refractivity contribution in [3.05, 3.63) is 33.5 Å². The van der Waals surface area contributed by atoms with Crippen LogP contribution in [0.5, 0.6) is 0 Å². The second kappa shape index (κ2) is 6.05. The fourth-order valence-electron chi connectivity index (χ4n) is 1.67. The number of nitrogens with one attached hydrogen (secondary N) is 1. The molecule has 0 amide bonds. The topological polar surface area (TPSA) is 67.5 Å². The van der Waals surface area contributed by atoms with Gasteiger partial charge in [0.05, 0.1) is 10.6 Å². The Morgan fingerprint density at radius 1 is 1.50 bits per heavy atom. The summed E-state index contributed by atoms with van der Waals surface area (Å²) in [6.07, 6.45) is 5.59. The van der Waals surface area contributed by atoms with Gasteiger partial charge in [-0.05, 0) is 31.9 Å². The number of nitro groups is 1. The Hall–Kier alpha value is -1.65. The van der Waals surface area contributed by atoms with E-state index in [2.05, 4.69) is 10.5 Å². The van der Waals surface area contributed by atoms with Crippen LogP contribution in [0.15, 0.2) is 28.5 Å². The molecule has 16 heavy (non-hydrogen) atoms. The molecule has 0 aromatic carbocycles. The highest BCUT2D eigenvalue weighted by atomic mass is 16.6. The molecule has 5 heteroatoms. The number of allylic oxidation sites excluding steroid dienone is 4. The predicted octanol–water partition coefficient (Wildman–Crippen LogP) is 2.24. The smallest absolute Gasteiger partial charge is 0.242 e. The molecule has 0 atom stereocenters. The molecule has 0 aliphatic carbocycles. The van der Waals surface area contributed by atoms with Crippen LogP contribution in [0.3, 0.4) is 0 Å². The highest BCUT2D eigenvalue weighted by Crippen LogP contribution is 2.16. The van der Waals surface area contributed by atoms with Crippen molar-refractivity contribution in [2.24, 2.45) is 5.10 Å². The van der Waals surface area contributed by atoms with Gasteiger partial charge < -0.3 is 5.43 Å². The number of nitrogens with zero attached hydrogens (tertiary/aromatic N) is 2. The van der Waals surface area contributed by atoms with Gasteiger partial charge in [-0.2, -0.15) is 5.10 Å². The van der Waals surface area contributed by atoms with Gasteiger partial charge in [0.2, 0.25) is 5.70 Å². The van der Waals surface area contributed by atoms with Crippen molar-refractivity contribution in [1.82, 2.24) is 5.43 Å². The maximum atomic E-state index is 10.6. The lowest BCUT2D eigenvalue weighted by molar-refractivity contribution is -0.428. The van der Waals surface area contributed by atoms with Gasteiger partial charge in [-0.3, -0.25) is 10.1 Å². The third kappa shape index (κ3) is 3.18. The van der Waals surface area contributed by atoms with E-state index in [-0.39, 0.29) is 10.6 Å². The van der Waals surface area contributed by atoms with Crippen LogP contribution in [0.4, 0.5) is 0 Å². The largest absolute Gasteiger partial charge is 0.309 e. The summed E-state index contributed by atoms with van der Waals surface area (Å²) < 4.78 is 0. The lowest BCUT2D eigenvalue weighted by Gasteiger charge is -2.04. The Balaban J connectivity index is 2.56. The van der Waals surface area contributed by atoms with Gasteiger partial charge in [0.1, 0.15) is 0 Å². The SMILES string of the molecule is C/C=C(\CC/C(=C\C)[N+](=O)[O-])C1=NNCC1. The van der Waals surface area contributed by atoms with Crippen LogP contribution in [0.25, 0.3) is 0 Å².